The van der Waals surface area contributed by atoms with Gasteiger partial charge in [0.15, 0.2) is 10.2 Å². The molecule has 1 saturated heterocycles. The molecule has 0 aliphatic carbocycles. The van der Waals surface area contributed by atoms with E-state index in [2.05, 4.69) is 4.98 Å². The number of para-hydroxylation sites is 1. The van der Waals surface area contributed by atoms with Crippen molar-refractivity contribution in [1.82, 2.24) is 4.98 Å². The first-order chi connectivity index (χ1) is 20.2. The van der Waals surface area contributed by atoms with Crippen LogP contribution in [0.4, 0.5) is 11.4 Å². The molecule has 5 aromatic rings. The highest BCUT2D eigenvalue weighted by molar-refractivity contribution is 7.99. The van der Waals surface area contributed by atoms with Crippen LogP contribution in [0.3, 0.4) is 0 Å². The maximum Gasteiger partial charge on any atom is 0.270 e. The van der Waals surface area contributed by atoms with E-state index in [-0.39, 0.29) is 10.7 Å². The van der Waals surface area contributed by atoms with Gasteiger partial charge in [-0.3, -0.25) is 24.4 Å². The van der Waals surface area contributed by atoms with Gasteiger partial charge in [-0.05, 0) is 129 Å². The topological polar surface area (TPSA) is 66.7 Å². The van der Waals surface area contributed by atoms with E-state index in [1.165, 1.54) is 27.6 Å². The SMILES string of the molecule is Cc1ccc(N2C(=O)C(=Cc3ccc(Sc4cccc5cccnc45)o3)C(=O)N(c3ccc(C)c(C)c3)C2=S)cc1C. The molecule has 0 spiro atoms. The highest BCUT2D eigenvalue weighted by atomic mass is 32.2. The highest BCUT2D eigenvalue weighted by Gasteiger charge is 2.41. The minimum absolute atomic E-state index is 0.0437. The number of thiocarbonyl (C=S) groups is 1. The van der Waals surface area contributed by atoms with E-state index in [0.717, 1.165) is 38.1 Å². The Kier molecular flexibility index (Phi) is 7.26. The van der Waals surface area contributed by atoms with Gasteiger partial charge in [0.05, 0.1) is 16.9 Å². The van der Waals surface area contributed by atoms with E-state index in [1.807, 2.05) is 100 Å². The first-order valence-corrected chi connectivity index (χ1v) is 14.6. The Bertz CT molecular complexity index is 1860. The molecule has 0 unspecified atom stereocenters. The number of aryl methyl sites for hydroxylation is 4. The van der Waals surface area contributed by atoms with Crippen LogP contribution >= 0.6 is 24.0 Å². The van der Waals surface area contributed by atoms with Crippen LogP contribution in [-0.4, -0.2) is 21.9 Å². The smallest absolute Gasteiger partial charge is 0.270 e. The van der Waals surface area contributed by atoms with Gasteiger partial charge in [0.25, 0.3) is 11.8 Å². The normalized spacial score (nSPS) is 13.8. The zero-order valence-electron chi connectivity index (χ0n) is 23.5. The Morgan fingerprint density at radius 1 is 0.762 bits per heavy atom. The van der Waals surface area contributed by atoms with Gasteiger partial charge in [0, 0.05) is 16.5 Å². The molecule has 8 heteroatoms. The summed E-state index contributed by atoms with van der Waals surface area (Å²) in [6, 6.07) is 24.9. The maximum absolute atomic E-state index is 14.0. The molecule has 0 radical (unpaired) electrons. The molecule has 0 atom stereocenters. The standard InChI is InChI=1S/C34H27N3O3S2/c1-20-10-12-25(17-22(20)3)36-32(38)28(33(39)37(34(36)41)26-13-11-21(2)23(4)18-26)19-27-14-15-30(40-27)42-29-9-5-7-24-8-6-16-35-31(24)29/h5-19H,1-4H3. The fourth-order valence-corrected chi connectivity index (χ4v) is 6.07. The second kappa shape index (κ2) is 11.0. The zero-order valence-corrected chi connectivity index (χ0v) is 25.2. The molecule has 0 bridgehead atoms. The quantitative estimate of drug-likeness (QED) is 0.118. The predicted molar refractivity (Wildman–Crippen MR) is 172 cm³/mol. The number of aromatic nitrogens is 1. The lowest BCUT2D eigenvalue weighted by atomic mass is 10.0. The average Bonchev–Trinajstić information content (AvgIpc) is 3.42. The number of pyridine rings is 1. The van der Waals surface area contributed by atoms with Crippen molar-refractivity contribution in [2.24, 2.45) is 0 Å². The first-order valence-electron chi connectivity index (χ1n) is 13.4. The van der Waals surface area contributed by atoms with Gasteiger partial charge in [-0.25, -0.2) is 0 Å². The van der Waals surface area contributed by atoms with Crippen LogP contribution in [0.1, 0.15) is 28.0 Å². The summed E-state index contributed by atoms with van der Waals surface area (Å²) < 4.78 is 6.10. The van der Waals surface area contributed by atoms with Crippen LogP contribution < -0.4 is 9.80 Å². The third kappa shape index (κ3) is 5.04. The number of nitrogens with zero attached hydrogens (tertiary/aromatic N) is 3. The largest absolute Gasteiger partial charge is 0.450 e. The fraction of sp³-hybridized carbons (Fsp3) is 0.118. The van der Waals surface area contributed by atoms with E-state index >= 15 is 0 Å². The minimum atomic E-state index is -0.503. The number of amides is 2. The molecule has 3 aromatic carbocycles. The van der Waals surface area contributed by atoms with E-state index in [9.17, 15) is 9.59 Å². The van der Waals surface area contributed by atoms with Crippen molar-refractivity contribution in [2.75, 3.05) is 9.80 Å². The monoisotopic (exact) mass is 589 g/mol. The molecule has 42 heavy (non-hydrogen) atoms. The molecule has 6 nitrogen and oxygen atoms in total. The van der Waals surface area contributed by atoms with E-state index < -0.39 is 11.8 Å². The lowest BCUT2D eigenvalue weighted by molar-refractivity contribution is -0.120. The second-order valence-electron chi connectivity index (χ2n) is 10.2. The second-order valence-corrected chi connectivity index (χ2v) is 11.7. The van der Waals surface area contributed by atoms with Crippen molar-refractivity contribution in [3.05, 3.63) is 119 Å². The Morgan fingerprint density at radius 3 is 2.00 bits per heavy atom. The van der Waals surface area contributed by atoms with Crippen LogP contribution in [0.15, 0.2) is 105 Å². The number of rotatable bonds is 5. The summed E-state index contributed by atoms with van der Waals surface area (Å²) in [6.45, 7) is 7.97. The number of carbonyl (C=O) groups excluding carboxylic acids is 2. The van der Waals surface area contributed by atoms with Gasteiger partial charge in [0.1, 0.15) is 11.3 Å². The van der Waals surface area contributed by atoms with Crippen molar-refractivity contribution >= 4 is 69.3 Å². The summed E-state index contributed by atoms with van der Waals surface area (Å²) in [4.78, 5) is 36.2. The number of carbonyl (C=O) groups is 2. The van der Waals surface area contributed by atoms with Gasteiger partial charge in [-0.15, -0.1) is 0 Å². The lowest BCUT2D eigenvalue weighted by Crippen LogP contribution is -2.57. The summed E-state index contributed by atoms with van der Waals surface area (Å²) in [5.41, 5.74) is 6.23. The van der Waals surface area contributed by atoms with Crippen LogP contribution in [0.5, 0.6) is 0 Å². The summed E-state index contributed by atoms with van der Waals surface area (Å²) >= 11 is 7.24. The van der Waals surface area contributed by atoms with Crippen LogP contribution in [-0.2, 0) is 9.59 Å². The number of fused-ring (bicyclic) bond motifs is 1. The molecule has 1 aliphatic heterocycles. The molecular weight excluding hydrogens is 563 g/mol. The Labute approximate surface area is 253 Å². The molecule has 0 saturated carbocycles. The average molecular weight is 590 g/mol. The number of furan rings is 1. The number of benzene rings is 3. The number of hydrogen-bond acceptors (Lipinski definition) is 6. The summed E-state index contributed by atoms with van der Waals surface area (Å²) in [5.74, 6) is -0.621. The lowest BCUT2D eigenvalue weighted by Gasteiger charge is -2.36. The Morgan fingerprint density at radius 2 is 1.38 bits per heavy atom. The molecule has 3 heterocycles. The summed E-state index contributed by atoms with van der Waals surface area (Å²) in [6.07, 6.45) is 3.26. The number of anilines is 2. The zero-order chi connectivity index (χ0) is 29.5. The first kappa shape index (κ1) is 27.6. The van der Waals surface area contributed by atoms with E-state index in [0.29, 0.717) is 22.2 Å². The van der Waals surface area contributed by atoms with Crippen molar-refractivity contribution in [1.29, 1.82) is 0 Å². The molecule has 2 amide bonds. The van der Waals surface area contributed by atoms with Gasteiger partial charge < -0.3 is 4.42 Å². The minimum Gasteiger partial charge on any atom is -0.450 e. The highest BCUT2D eigenvalue weighted by Crippen LogP contribution is 2.35. The van der Waals surface area contributed by atoms with Crippen LogP contribution in [0.2, 0.25) is 0 Å². The third-order valence-corrected chi connectivity index (χ3v) is 8.78. The fourth-order valence-electron chi connectivity index (χ4n) is 4.79. The Hall–Kier alpha value is -4.53. The van der Waals surface area contributed by atoms with Crippen molar-refractivity contribution in [3.63, 3.8) is 0 Å². The van der Waals surface area contributed by atoms with Gasteiger partial charge >= 0.3 is 0 Å². The predicted octanol–water partition coefficient (Wildman–Crippen LogP) is 7.96. The van der Waals surface area contributed by atoms with Gasteiger partial charge in [-0.2, -0.15) is 0 Å². The molecular formula is C34H27N3O3S2. The number of hydrogen-bond donors (Lipinski definition) is 0. The molecule has 1 fully saturated rings. The summed E-state index contributed by atoms with van der Waals surface area (Å²) in [7, 11) is 0. The van der Waals surface area contributed by atoms with Gasteiger partial charge in [0.2, 0.25) is 0 Å². The van der Waals surface area contributed by atoms with Gasteiger partial charge in [-0.1, -0.05) is 30.3 Å². The molecule has 208 valence electrons. The molecule has 6 rings (SSSR count). The van der Waals surface area contributed by atoms with Crippen molar-refractivity contribution < 1.29 is 14.0 Å². The van der Waals surface area contributed by atoms with Crippen LogP contribution in [0, 0.1) is 27.7 Å². The Balaban J connectivity index is 1.40. The van der Waals surface area contributed by atoms with Crippen molar-refractivity contribution in [3.8, 4) is 0 Å². The third-order valence-electron chi connectivity index (χ3n) is 7.44. The summed E-state index contributed by atoms with van der Waals surface area (Å²) in [5, 5.41) is 1.75. The maximum atomic E-state index is 14.0. The molecule has 0 N–H and O–H groups in total. The molecule has 1 aliphatic rings. The van der Waals surface area contributed by atoms with E-state index in [1.54, 1.807) is 12.3 Å². The van der Waals surface area contributed by atoms with E-state index in [4.69, 9.17) is 16.6 Å². The molecule has 2 aromatic heterocycles. The van der Waals surface area contributed by atoms with Crippen LogP contribution in [0.25, 0.3) is 17.0 Å². The van der Waals surface area contributed by atoms with Crippen molar-refractivity contribution in [2.45, 2.75) is 37.7 Å².